The van der Waals surface area contributed by atoms with Crippen molar-refractivity contribution in [3.05, 3.63) is 78.0 Å². The molecule has 25 heavy (non-hydrogen) atoms. The first-order valence-electron chi connectivity index (χ1n) is 8.62. The molecule has 0 spiro atoms. The normalized spacial score (nSPS) is 18.4. The minimum Gasteiger partial charge on any atom is -0.328 e. The van der Waals surface area contributed by atoms with Crippen molar-refractivity contribution >= 4 is 16.8 Å². The number of likely N-dealkylation sites (N-methyl/N-ethyl adjacent to an activating group) is 1. The minimum absolute atomic E-state index is 0.00714. The van der Waals surface area contributed by atoms with Crippen LogP contribution in [-0.2, 0) is 0 Å². The van der Waals surface area contributed by atoms with Crippen molar-refractivity contribution in [1.82, 2.24) is 14.8 Å². The summed E-state index contributed by atoms with van der Waals surface area (Å²) in [5.74, 6) is 0.00714. The molecule has 0 unspecified atom stereocenters. The Morgan fingerprint density at radius 2 is 1.72 bits per heavy atom. The Hall–Kier alpha value is -2.72. The van der Waals surface area contributed by atoms with E-state index in [-0.39, 0.29) is 11.9 Å². The molecule has 3 aromatic rings. The van der Waals surface area contributed by atoms with Crippen LogP contribution in [0.25, 0.3) is 10.9 Å². The molecule has 0 N–H and O–H groups in total. The topological polar surface area (TPSA) is 36.4 Å². The lowest BCUT2D eigenvalue weighted by Crippen LogP contribution is -2.49. The van der Waals surface area contributed by atoms with Crippen LogP contribution in [0.2, 0.25) is 0 Å². The fourth-order valence-corrected chi connectivity index (χ4v) is 3.46. The molecule has 4 heteroatoms. The fourth-order valence-electron chi connectivity index (χ4n) is 3.46. The summed E-state index contributed by atoms with van der Waals surface area (Å²) in [7, 11) is 2.10. The van der Waals surface area contributed by atoms with Crippen LogP contribution < -0.4 is 0 Å². The summed E-state index contributed by atoms with van der Waals surface area (Å²) in [6.07, 6.45) is 0. The number of amides is 1. The molecule has 1 aromatic heterocycles. The van der Waals surface area contributed by atoms with Crippen molar-refractivity contribution in [3.8, 4) is 0 Å². The number of carbonyl (C=O) groups excluding carboxylic acids is 1. The molecule has 0 aliphatic carbocycles. The zero-order valence-electron chi connectivity index (χ0n) is 14.3. The molecule has 2 heterocycles. The number of hydrogen-bond acceptors (Lipinski definition) is 3. The van der Waals surface area contributed by atoms with E-state index in [0.717, 1.165) is 24.0 Å². The van der Waals surface area contributed by atoms with Crippen LogP contribution in [0.3, 0.4) is 0 Å². The number of carbonyl (C=O) groups is 1. The molecule has 0 saturated carbocycles. The zero-order valence-corrected chi connectivity index (χ0v) is 14.3. The van der Waals surface area contributed by atoms with Crippen LogP contribution in [0.1, 0.15) is 22.1 Å². The van der Waals surface area contributed by atoms with Gasteiger partial charge in [-0.15, -0.1) is 0 Å². The van der Waals surface area contributed by atoms with E-state index in [1.54, 1.807) is 0 Å². The summed E-state index contributed by atoms with van der Waals surface area (Å²) >= 11 is 0. The van der Waals surface area contributed by atoms with E-state index < -0.39 is 0 Å². The quantitative estimate of drug-likeness (QED) is 0.722. The molecule has 1 atom stereocenters. The van der Waals surface area contributed by atoms with Gasteiger partial charge in [-0.2, -0.15) is 0 Å². The van der Waals surface area contributed by atoms with Crippen molar-refractivity contribution < 1.29 is 4.79 Å². The third-order valence-electron chi connectivity index (χ3n) is 4.85. The molecule has 1 aliphatic heterocycles. The Morgan fingerprint density at radius 3 is 2.56 bits per heavy atom. The first-order chi connectivity index (χ1) is 12.2. The molecule has 1 amide bonds. The van der Waals surface area contributed by atoms with E-state index >= 15 is 0 Å². The van der Waals surface area contributed by atoms with Gasteiger partial charge >= 0.3 is 0 Å². The predicted molar refractivity (Wildman–Crippen MR) is 99.5 cm³/mol. The smallest absolute Gasteiger partial charge is 0.273 e. The van der Waals surface area contributed by atoms with Gasteiger partial charge in [-0.3, -0.25) is 4.79 Å². The van der Waals surface area contributed by atoms with Gasteiger partial charge in [0.2, 0.25) is 0 Å². The molecule has 1 aliphatic rings. The SMILES string of the molecule is CN1CCN(C(=O)c2ccc3ccccc3n2)[C@H](c2ccccc2)C1. The summed E-state index contributed by atoms with van der Waals surface area (Å²) in [5, 5.41) is 1.05. The van der Waals surface area contributed by atoms with Crippen LogP contribution in [0.15, 0.2) is 66.7 Å². The number of benzene rings is 2. The highest BCUT2D eigenvalue weighted by Gasteiger charge is 2.31. The van der Waals surface area contributed by atoms with E-state index in [1.165, 1.54) is 5.56 Å². The number of hydrogen-bond donors (Lipinski definition) is 0. The highest BCUT2D eigenvalue weighted by atomic mass is 16.2. The molecule has 4 rings (SSSR count). The maximum atomic E-state index is 13.2. The number of rotatable bonds is 2. The molecule has 1 saturated heterocycles. The summed E-state index contributed by atoms with van der Waals surface area (Å²) < 4.78 is 0. The standard InChI is InChI=1S/C21H21N3O/c1-23-13-14-24(20(15-23)17-8-3-2-4-9-17)21(25)19-12-11-16-7-5-6-10-18(16)22-19/h2-12,20H,13-15H2,1H3/t20-/m0/s1. The zero-order chi connectivity index (χ0) is 17.2. The van der Waals surface area contributed by atoms with Crippen LogP contribution in [-0.4, -0.2) is 47.4 Å². The molecule has 2 aromatic carbocycles. The Bertz CT molecular complexity index is 894. The van der Waals surface area contributed by atoms with E-state index in [1.807, 2.05) is 59.5 Å². The van der Waals surface area contributed by atoms with Gasteiger partial charge in [-0.25, -0.2) is 4.98 Å². The average Bonchev–Trinajstić information content (AvgIpc) is 2.67. The molecular formula is C21H21N3O. The third-order valence-corrected chi connectivity index (χ3v) is 4.85. The molecule has 0 bridgehead atoms. The summed E-state index contributed by atoms with van der Waals surface area (Å²) in [5.41, 5.74) is 2.55. The largest absolute Gasteiger partial charge is 0.328 e. The van der Waals surface area contributed by atoms with Gasteiger partial charge in [-0.1, -0.05) is 54.6 Å². The van der Waals surface area contributed by atoms with Crippen LogP contribution in [0, 0.1) is 0 Å². The van der Waals surface area contributed by atoms with Gasteiger partial charge in [0, 0.05) is 25.0 Å². The Balaban J connectivity index is 1.68. The average molecular weight is 331 g/mol. The van der Waals surface area contributed by atoms with Gasteiger partial charge in [0.05, 0.1) is 11.6 Å². The van der Waals surface area contributed by atoms with Crippen LogP contribution >= 0.6 is 0 Å². The van der Waals surface area contributed by atoms with Gasteiger partial charge in [0.25, 0.3) is 5.91 Å². The Labute approximate surface area is 147 Å². The number of pyridine rings is 1. The van der Waals surface area contributed by atoms with Crippen molar-refractivity contribution in [2.24, 2.45) is 0 Å². The lowest BCUT2D eigenvalue weighted by Gasteiger charge is -2.40. The molecule has 126 valence electrons. The summed E-state index contributed by atoms with van der Waals surface area (Å²) in [4.78, 5) is 22.0. The molecule has 1 fully saturated rings. The molecule has 4 nitrogen and oxygen atoms in total. The molecule has 0 radical (unpaired) electrons. The number of nitrogens with zero attached hydrogens (tertiary/aromatic N) is 3. The van der Waals surface area contributed by atoms with Crippen LogP contribution in [0.5, 0.6) is 0 Å². The number of fused-ring (bicyclic) bond motifs is 1. The Kier molecular flexibility index (Phi) is 4.20. The number of piperazine rings is 1. The van der Waals surface area contributed by atoms with E-state index in [4.69, 9.17) is 0 Å². The maximum absolute atomic E-state index is 13.2. The lowest BCUT2D eigenvalue weighted by molar-refractivity contribution is 0.0492. The van der Waals surface area contributed by atoms with Crippen molar-refractivity contribution in [2.45, 2.75) is 6.04 Å². The molecular weight excluding hydrogens is 310 g/mol. The van der Waals surface area contributed by atoms with Crippen molar-refractivity contribution in [3.63, 3.8) is 0 Å². The fraction of sp³-hybridized carbons (Fsp3) is 0.238. The van der Waals surface area contributed by atoms with Gasteiger partial charge < -0.3 is 9.80 Å². The van der Waals surface area contributed by atoms with Gasteiger partial charge in [0.15, 0.2) is 0 Å². The number of aromatic nitrogens is 1. The first kappa shape index (κ1) is 15.8. The van der Waals surface area contributed by atoms with Gasteiger partial charge in [-0.05, 0) is 24.7 Å². The second-order valence-corrected chi connectivity index (χ2v) is 6.58. The number of para-hydroxylation sites is 1. The first-order valence-corrected chi connectivity index (χ1v) is 8.62. The van der Waals surface area contributed by atoms with Crippen molar-refractivity contribution in [1.29, 1.82) is 0 Å². The van der Waals surface area contributed by atoms with E-state index in [0.29, 0.717) is 12.2 Å². The Morgan fingerprint density at radius 1 is 0.960 bits per heavy atom. The van der Waals surface area contributed by atoms with Crippen molar-refractivity contribution in [2.75, 3.05) is 26.7 Å². The second-order valence-electron chi connectivity index (χ2n) is 6.58. The highest BCUT2D eigenvalue weighted by molar-refractivity contribution is 5.95. The predicted octanol–water partition coefficient (Wildman–Crippen LogP) is 3.36. The van der Waals surface area contributed by atoms with Crippen LogP contribution in [0.4, 0.5) is 0 Å². The van der Waals surface area contributed by atoms with E-state index in [9.17, 15) is 4.79 Å². The third kappa shape index (κ3) is 3.13. The highest BCUT2D eigenvalue weighted by Crippen LogP contribution is 2.26. The lowest BCUT2D eigenvalue weighted by atomic mass is 10.0. The monoisotopic (exact) mass is 331 g/mol. The minimum atomic E-state index is 0.00714. The maximum Gasteiger partial charge on any atom is 0.273 e. The van der Waals surface area contributed by atoms with Gasteiger partial charge in [0.1, 0.15) is 5.69 Å². The summed E-state index contributed by atoms with van der Waals surface area (Å²) in [6.45, 7) is 2.43. The second kappa shape index (κ2) is 6.65. The van der Waals surface area contributed by atoms with E-state index in [2.05, 4.69) is 29.1 Å². The summed E-state index contributed by atoms with van der Waals surface area (Å²) in [6, 6.07) is 22.0.